The fraction of sp³-hybridized carbons (Fsp3) is 0.316. The monoisotopic (exact) mass is 442 g/mol. The maximum absolute atomic E-state index is 12.8. The molecular formula is C19H23ClN2O6S. The quantitative estimate of drug-likeness (QED) is 0.618. The number of rotatable bonds is 9. The molecule has 1 atom stereocenters. The summed E-state index contributed by atoms with van der Waals surface area (Å²) in [5, 5.41) is 2.86. The van der Waals surface area contributed by atoms with Gasteiger partial charge in [-0.1, -0.05) is 11.6 Å². The summed E-state index contributed by atoms with van der Waals surface area (Å²) in [5.74, 6) is 0.476. The van der Waals surface area contributed by atoms with Crippen LogP contribution in [0.4, 0.5) is 5.69 Å². The van der Waals surface area contributed by atoms with E-state index in [-0.39, 0.29) is 22.3 Å². The second-order valence-electron chi connectivity index (χ2n) is 5.92. The first-order valence-corrected chi connectivity index (χ1v) is 10.6. The van der Waals surface area contributed by atoms with Crippen LogP contribution in [0.15, 0.2) is 41.3 Å². The molecule has 0 saturated heterocycles. The van der Waals surface area contributed by atoms with E-state index in [0.717, 1.165) is 0 Å². The van der Waals surface area contributed by atoms with Gasteiger partial charge in [0.05, 0.1) is 32.6 Å². The fourth-order valence-electron chi connectivity index (χ4n) is 2.47. The van der Waals surface area contributed by atoms with Crippen molar-refractivity contribution in [1.29, 1.82) is 0 Å². The number of hydrogen-bond acceptors (Lipinski definition) is 6. The molecule has 0 fully saturated rings. The molecule has 2 aromatic carbocycles. The summed E-state index contributed by atoms with van der Waals surface area (Å²) in [6.07, 6.45) is 0. The van der Waals surface area contributed by atoms with Crippen LogP contribution in [0, 0.1) is 0 Å². The zero-order valence-electron chi connectivity index (χ0n) is 16.5. The molecule has 0 aromatic heterocycles. The fourth-order valence-corrected chi connectivity index (χ4v) is 4.08. The SMILES string of the molecule is CCOc1ccc(Cl)cc1S(=O)(=O)NC(C)C(=O)Nc1cc(OC)ccc1OC. The molecule has 0 radical (unpaired) electrons. The van der Waals surface area contributed by atoms with E-state index in [2.05, 4.69) is 10.0 Å². The lowest BCUT2D eigenvalue weighted by Gasteiger charge is -2.18. The molecule has 158 valence electrons. The highest BCUT2D eigenvalue weighted by atomic mass is 35.5. The van der Waals surface area contributed by atoms with E-state index in [4.69, 9.17) is 25.8 Å². The highest BCUT2D eigenvalue weighted by molar-refractivity contribution is 7.89. The van der Waals surface area contributed by atoms with Crippen molar-refractivity contribution in [2.75, 3.05) is 26.1 Å². The van der Waals surface area contributed by atoms with Gasteiger partial charge >= 0.3 is 0 Å². The maximum Gasteiger partial charge on any atom is 0.245 e. The molecule has 1 amide bonds. The van der Waals surface area contributed by atoms with Crippen molar-refractivity contribution in [3.8, 4) is 17.2 Å². The highest BCUT2D eigenvalue weighted by Gasteiger charge is 2.26. The number of anilines is 1. The first-order valence-electron chi connectivity index (χ1n) is 8.69. The van der Waals surface area contributed by atoms with Crippen molar-refractivity contribution in [3.63, 3.8) is 0 Å². The Balaban J connectivity index is 2.22. The van der Waals surface area contributed by atoms with Gasteiger partial charge in [0, 0.05) is 11.1 Å². The molecule has 0 heterocycles. The van der Waals surface area contributed by atoms with Gasteiger partial charge in [-0.25, -0.2) is 8.42 Å². The number of methoxy groups -OCH3 is 2. The molecule has 2 N–H and O–H groups in total. The minimum absolute atomic E-state index is 0.145. The molecule has 2 rings (SSSR count). The molecule has 1 unspecified atom stereocenters. The zero-order chi connectivity index (χ0) is 21.6. The summed E-state index contributed by atoms with van der Waals surface area (Å²) >= 11 is 5.94. The van der Waals surface area contributed by atoms with Gasteiger partial charge in [0.2, 0.25) is 15.9 Å². The van der Waals surface area contributed by atoms with Gasteiger partial charge in [-0.3, -0.25) is 4.79 Å². The summed E-state index contributed by atoms with van der Waals surface area (Å²) in [6, 6.07) is 8.04. The van der Waals surface area contributed by atoms with Crippen LogP contribution < -0.4 is 24.2 Å². The zero-order valence-corrected chi connectivity index (χ0v) is 18.1. The summed E-state index contributed by atoms with van der Waals surface area (Å²) < 4.78 is 43.6. The Bertz CT molecular complexity index is 981. The van der Waals surface area contributed by atoms with Crippen LogP contribution in [0.25, 0.3) is 0 Å². The topological polar surface area (TPSA) is 103 Å². The molecule has 0 aliphatic carbocycles. The molecule has 0 saturated carbocycles. The molecule has 29 heavy (non-hydrogen) atoms. The van der Waals surface area contributed by atoms with Crippen LogP contribution in [0.3, 0.4) is 0 Å². The van der Waals surface area contributed by atoms with E-state index in [1.54, 1.807) is 25.1 Å². The Morgan fingerprint density at radius 2 is 1.79 bits per heavy atom. The van der Waals surface area contributed by atoms with Crippen LogP contribution in [0.2, 0.25) is 5.02 Å². The third kappa shape index (κ3) is 5.75. The molecule has 0 bridgehead atoms. The number of halogens is 1. The van der Waals surface area contributed by atoms with E-state index in [9.17, 15) is 13.2 Å². The Morgan fingerprint density at radius 3 is 2.41 bits per heavy atom. The van der Waals surface area contributed by atoms with Gasteiger partial charge in [-0.2, -0.15) is 4.72 Å². The number of carbonyl (C=O) groups excluding carboxylic acids is 1. The molecule has 0 aliphatic rings. The van der Waals surface area contributed by atoms with Gasteiger partial charge < -0.3 is 19.5 Å². The van der Waals surface area contributed by atoms with Gasteiger partial charge in [0.15, 0.2) is 0 Å². The maximum atomic E-state index is 12.8. The predicted octanol–water partition coefficient (Wildman–Crippen LogP) is 3.06. The number of amides is 1. The average molecular weight is 443 g/mol. The Hall–Kier alpha value is -2.49. The van der Waals surface area contributed by atoms with Crippen LogP contribution >= 0.6 is 11.6 Å². The molecule has 0 aliphatic heterocycles. The number of ether oxygens (including phenoxy) is 3. The third-order valence-corrected chi connectivity index (χ3v) is 5.68. The Morgan fingerprint density at radius 1 is 1.10 bits per heavy atom. The molecule has 8 nitrogen and oxygen atoms in total. The summed E-state index contributed by atoms with van der Waals surface area (Å²) in [7, 11) is -1.13. The van der Waals surface area contributed by atoms with E-state index in [0.29, 0.717) is 17.2 Å². The minimum atomic E-state index is -4.08. The van der Waals surface area contributed by atoms with Crippen molar-refractivity contribution < 1.29 is 27.4 Å². The van der Waals surface area contributed by atoms with Crippen molar-refractivity contribution >= 4 is 33.2 Å². The standard InChI is InChI=1S/C19H23ClN2O6S/c1-5-28-17-8-6-13(20)10-18(17)29(24,25)22-12(2)19(23)21-15-11-14(26-3)7-9-16(15)27-4/h6-12,22H,5H2,1-4H3,(H,21,23). The Labute approximate surface area is 175 Å². The number of nitrogens with one attached hydrogen (secondary N) is 2. The smallest absolute Gasteiger partial charge is 0.245 e. The minimum Gasteiger partial charge on any atom is -0.497 e. The lowest BCUT2D eigenvalue weighted by molar-refractivity contribution is -0.117. The van der Waals surface area contributed by atoms with Crippen molar-refractivity contribution in [3.05, 3.63) is 41.4 Å². The summed E-state index contributed by atoms with van der Waals surface area (Å²) in [6.45, 7) is 3.43. The molecule has 0 spiro atoms. The second kappa shape index (κ2) is 9.82. The van der Waals surface area contributed by atoms with E-state index >= 15 is 0 Å². The summed E-state index contributed by atoms with van der Waals surface area (Å²) in [4.78, 5) is 12.4. The van der Waals surface area contributed by atoms with Crippen LogP contribution in [-0.2, 0) is 14.8 Å². The lowest BCUT2D eigenvalue weighted by atomic mass is 10.2. The predicted molar refractivity (Wildman–Crippen MR) is 111 cm³/mol. The van der Waals surface area contributed by atoms with Gasteiger partial charge in [-0.15, -0.1) is 0 Å². The van der Waals surface area contributed by atoms with E-state index in [1.807, 2.05) is 0 Å². The van der Waals surface area contributed by atoms with Crippen molar-refractivity contribution in [1.82, 2.24) is 4.72 Å². The second-order valence-corrected chi connectivity index (χ2v) is 8.04. The largest absolute Gasteiger partial charge is 0.497 e. The number of sulfonamides is 1. The normalized spacial score (nSPS) is 12.2. The number of benzene rings is 2. The van der Waals surface area contributed by atoms with Crippen LogP contribution in [0.1, 0.15) is 13.8 Å². The third-order valence-electron chi connectivity index (χ3n) is 3.88. The van der Waals surface area contributed by atoms with E-state index < -0.39 is 22.0 Å². The Kier molecular flexibility index (Phi) is 7.72. The first-order chi connectivity index (χ1) is 13.7. The van der Waals surface area contributed by atoms with Gasteiger partial charge in [0.1, 0.15) is 22.1 Å². The molecule has 2 aromatic rings. The van der Waals surface area contributed by atoms with E-state index in [1.165, 1.54) is 39.3 Å². The van der Waals surface area contributed by atoms with Gasteiger partial charge in [-0.05, 0) is 44.2 Å². The average Bonchev–Trinajstić information content (AvgIpc) is 2.68. The summed E-state index contributed by atoms with van der Waals surface area (Å²) in [5.41, 5.74) is 0.348. The number of carbonyl (C=O) groups is 1. The van der Waals surface area contributed by atoms with Crippen molar-refractivity contribution in [2.45, 2.75) is 24.8 Å². The first kappa shape index (κ1) is 22.8. The number of hydrogen-bond donors (Lipinski definition) is 2. The van der Waals surface area contributed by atoms with Gasteiger partial charge in [0.25, 0.3) is 0 Å². The van der Waals surface area contributed by atoms with Crippen LogP contribution in [0.5, 0.6) is 17.2 Å². The molecule has 10 heteroatoms. The highest BCUT2D eigenvalue weighted by Crippen LogP contribution is 2.30. The molecular weight excluding hydrogens is 420 g/mol. The van der Waals surface area contributed by atoms with Crippen molar-refractivity contribution in [2.24, 2.45) is 0 Å². The lowest BCUT2D eigenvalue weighted by Crippen LogP contribution is -2.41. The van der Waals surface area contributed by atoms with Crippen LogP contribution in [-0.4, -0.2) is 41.2 Å².